The molecular weight excluding hydrogens is 561 g/mol. The normalized spacial score (nSPS) is 20.0. The van der Waals surface area contributed by atoms with Crippen molar-refractivity contribution in [2.75, 3.05) is 0 Å². The molecule has 3 aromatic rings. The highest BCUT2D eigenvalue weighted by molar-refractivity contribution is 9.10. The summed E-state index contributed by atoms with van der Waals surface area (Å²) in [5.41, 5.74) is 11.9. The number of hydrogen-bond acceptors (Lipinski definition) is 3. The van der Waals surface area contributed by atoms with Crippen LogP contribution < -0.4 is 4.74 Å². The van der Waals surface area contributed by atoms with Crippen molar-refractivity contribution >= 4 is 39.1 Å². The zero-order chi connectivity index (χ0) is 24.8. The molecule has 2 aromatic carbocycles. The molecule has 1 spiro atoms. The van der Waals surface area contributed by atoms with Gasteiger partial charge in [0.05, 0.1) is 16.8 Å². The number of halogens is 5. The fourth-order valence-corrected chi connectivity index (χ4v) is 5.71. The second-order valence-electron chi connectivity index (χ2n) is 8.98. The van der Waals surface area contributed by atoms with Gasteiger partial charge in [0.2, 0.25) is 11.8 Å². The van der Waals surface area contributed by atoms with Crippen LogP contribution in [0.4, 0.5) is 8.78 Å². The van der Waals surface area contributed by atoms with Crippen LogP contribution in [0.1, 0.15) is 43.7 Å². The molecule has 0 radical (unpaired) electrons. The molecule has 1 aliphatic heterocycles. The Morgan fingerprint density at radius 3 is 2.40 bits per heavy atom. The number of rotatable bonds is 3. The van der Waals surface area contributed by atoms with Crippen LogP contribution in [0.25, 0.3) is 32.8 Å². The van der Waals surface area contributed by atoms with Crippen molar-refractivity contribution < 1.29 is 13.5 Å². The molecule has 1 aliphatic carbocycles. The first-order chi connectivity index (χ1) is 16.7. The second kappa shape index (κ2) is 9.25. The Bertz CT molecular complexity index is 1340. The van der Waals surface area contributed by atoms with Gasteiger partial charge < -0.3 is 4.74 Å². The molecule has 0 amide bonds. The van der Waals surface area contributed by atoms with Gasteiger partial charge in [-0.1, -0.05) is 62.4 Å². The Labute approximate surface area is 219 Å². The van der Waals surface area contributed by atoms with Crippen LogP contribution in [0.2, 0.25) is 10.0 Å². The number of aromatic nitrogens is 1. The summed E-state index contributed by atoms with van der Waals surface area (Å²) in [4.78, 5) is 7.90. The molecule has 0 N–H and O–H groups in total. The number of fused-ring (bicyclic) bond motifs is 1. The first-order valence-electron chi connectivity index (χ1n) is 11.1. The van der Waals surface area contributed by atoms with Crippen LogP contribution in [0.3, 0.4) is 0 Å². The Balaban J connectivity index is 1.70. The third kappa shape index (κ3) is 4.85. The molecule has 1 atom stereocenters. The van der Waals surface area contributed by atoms with Gasteiger partial charge in [0.15, 0.2) is 0 Å². The minimum Gasteiger partial charge on any atom is -0.471 e. The molecule has 1 saturated carbocycles. The Kier molecular flexibility index (Phi) is 6.43. The van der Waals surface area contributed by atoms with E-state index in [1.165, 1.54) is 0 Å². The highest BCUT2D eigenvalue weighted by atomic mass is 79.9. The SMILES string of the molecule is [N-]=[N+]=N[C@@H]1CC2(CCC(F)(F)CC2)Oc2nc(-c3ccc(Br)cc3Cl)c(-c3ccc(Cl)cc3)cc21. The van der Waals surface area contributed by atoms with Gasteiger partial charge in [-0.25, -0.2) is 13.8 Å². The number of alkyl halides is 2. The number of benzene rings is 2. The highest BCUT2D eigenvalue weighted by Gasteiger charge is 2.49. The van der Waals surface area contributed by atoms with Crippen molar-refractivity contribution in [3.63, 3.8) is 0 Å². The molecule has 5 rings (SSSR count). The van der Waals surface area contributed by atoms with E-state index < -0.39 is 17.6 Å². The number of hydrogen-bond donors (Lipinski definition) is 0. The molecule has 0 bridgehead atoms. The average Bonchev–Trinajstić information content (AvgIpc) is 2.82. The van der Waals surface area contributed by atoms with Crippen molar-refractivity contribution in [1.29, 1.82) is 0 Å². The number of ether oxygens (including phenoxy) is 1. The lowest BCUT2D eigenvalue weighted by atomic mass is 9.76. The monoisotopic (exact) mass is 578 g/mol. The van der Waals surface area contributed by atoms with Crippen molar-refractivity contribution in [3.05, 3.63) is 79.1 Å². The zero-order valence-electron chi connectivity index (χ0n) is 18.3. The average molecular weight is 580 g/mol. The summed E-state index contributed by atoms with van der Waals surface area (Å²) in [6.07, 6.45) is 0.0805. The number of pyridine rings is 1. The maximum Gasteiger partial charge on any atom is 0.248 e. The summed E-state index contributed by atoms with van der Waals surface area (Å²) in [5.74, 6) is -2.43. The fourth-order valence-electron chi connectivity index (χ4n) is 4.82. The van der Waals surface area contributed by atoms with Gasteiger partial charge in [-0.05, 0) is 60.7 Å². The predicted octanol–water partition coefficient (Wildman–Crippen LogP) is 9.57. The van der Waals surface area contributed by atoms with Gasteiger partial charge in [0.25, 0.3) is 0 Å². The smallest absolute Gasteiger partial charge is 0.248 e. The van der Waals surface area contributed by atoms with E-state index >= 15 is 0 Å². The van der Waals surface area contributed by atoms with Gasteiger partial charge in [-0.2, -0.15) is 0 Å². The van der Waals surface area contributed by atoms with E-state index in [-0.39, 0.29) is 31.6 Å². The summed E-state index contributed by atoms with van der Waals surface area (Å²) in [7, 11) is 0. The van der Waals surface area contributed by atoms with Gasteiger partial charge >= 0.3 is 0 Å². The summed E-state index contributed by atoms with van der Waals surface area (Å²) in [6.45, 7) is 0. The van der Waals surface area contributed by atoms with E-state index in [2.05, 4.69) is 26.0 Å². The molecule has 0 saturated heterocycles. The lowest BCUT2D eigenvalue weighted by Gasteiger charge is -2.44. The molecule has 0 unspecified atom stereocenters. The summed E-state index contributed by atoms with van der Waals surface area (Å²) >= 11 is 16.1. The van der Waals surface area contributed by atoms with E-state index in [0.29, 0.717) is 33.3 Å². The molecule has 1 fully saturated rings. The first kappa shape index (κ1) is 24.3. The van der Waals surface area contributed by atoms with E-state index in [1.54, 1.807) is 18.2 Å². The second-order valence-corrected chi connectivity index (χ2v) is 10.7. The molecule has 180 valence electrons. The quantitative estimate of drug-likeness (QED) is 0.176. The minimum absolute atomic E-state index is 0.159. The van der Waals surface area contributed by atoms with Crippen LogP contribution in [-0.2, 0) is 0 Å². The van der Waals surface area contributed by atoms with Crippen LogP contribution in [0, 0.1) is 0 Å². The van der Waals surface area contributed by atoms with Crippen molar-refractivity contribution in [1.82, 2.24) is 4.98 Å². The lowest BCUT2D eigenvalue weighted by Crippen LogP contribution is -2.46. The first-order valence-corrected chi connectivity index (χ1v) is 12.6. The third-order valence-electron chi connectivity index (χ3n) is 6.68. The molecule has 5 nitrogen and oxygen atoms in total. The standard InChI is InChI=1S/C25H19BrCl2F2N4O/c26-15-3-6-17(20(28)11-15)22-18(14-1-4-16(27)5-2-14)12-19-21(33-34-31)13-24(35-23(19)32-22)7-9-25(29,30)10-8-24/h1-6,11-12,21H,7-10,13H2/t21-/m1/s1. The number of nitrogens with zero attached hydrogens (tertiary/aromatic N) is 4. The topological polar surface area (TPSA) is 70.9 Å². The van der Waals surface area contributed by atoms with Gasteiger partial charge in [-0.15, -0.1) is 0 Å². The molecule has 1 aromatic heterocycles. The van der Waals surface area contributed by atoms with Crippen molar-refractivity contribution in [2.24, 2.45) is 5.11 Å². The molecular formula is C25H19BrCl2F2N4O. The lowest BCUT2D eigenvalue weighted by molar-refractivity contribution is -0.103. The maximum atomic E-state index is 13.9. The van der Waals surface area contributed by atoms with Crippen LogP contribution >= 0.6 is 39.1 Å². The van der Waals surface area contributed by atoms with E-state index in [1.807, 2.05) is 30.3 Å². The maximum absolute atomic E-state index is 13.9. The summed E-state index contributed by atoms with van der Waals surface area (Å²) in [5, 5.41) is 5.09. The van der Waals surface area contributed by atoms with Crippen LogP contribution in [0.5, 0.6) is 5.88 Å². The molecule has 35 heavy (non-hydrogen) atoms. The highest BCUT2D eigenvalue weighted by Crippen LogP contribution is 2.51. The largest absolute Gasteiger partial charge is 0.471 e. The predicted molar refractivity (Wildman–Crippen MR) is 136 cm³/mol. The Morgan fingerprint density at radius 1 is 1.03 bits per heavy atom. The van der Waals surface area contributed by atoms with E-state index in [4.69, 9.17) is 32.9 Å². The van der Waals surface area contributed by atoms with Crippen molar-refractivity contribution in [3.8, 4) is 28.3 Å². The fraction of sp³-hybridized carbons (Fsp3) is 0.320. The van der Waals surface area contributed by atoms with E-state index in [9.17, 15) is 14.3 Å². The Hall–Kier alpha value is -2.38. The van der Waals surface area contributed by atoms with Gasteiger partial charge in [-0.3, -0.25) is 0 Å². The Morgan fingerprint density at radius 2 is 1.74 bits per heavy atom. The van der Waals surface area contributed by atoms with E-state index in [0.717, 1.165) is 15.6 Å². The third-order valence-corrected chi connectivity index (χ3v) is 7.74. The summed E-state index contributed by atoms with van der Waals surface area (Å²) in [6, 6.07) is 14.1. The van der Waals surface area contributed by atoms with Crippen LogP contribution in [0.15, 0.2) is 58.1 Å². The van der Waals surface area contributed by atoms with Crippen molar-refractivity contribution in [2.45, 2.75) is 49.7 Å². The molecule has 2 heterocycles. The molecule has 2 aliphatic rings. The minimum atomic E-state index is -2.72. The number of azide groups is 1. The van der Waals surface area contributed by atoms with Gasteiger partial charge in [0.1, 0.15) is 5.60 Å². The summed E-state index contributed by atoms with van der Waals surface area (Å²) < 4.78 is 35.1. The zero-order valence-corrected chi connectivity index (χ0v) is 21.4. The van der Waals surface area contributed by atoms with Crippen LogP contribution in [-0.4, -0.2) is 16.5 Å². The van der Waals surface area contributed by atoms with Gasteiger partial charge in [0, 0.05) is 43.9 Å². The molecule has 10 heteroatoms.